The molecule has 1 aromatic heterocycles. The fraction of sp³-hybridized carbons (Fsp3) is 0.625. The molecular formula is C8H10N4O3S. The maximum absolute atomic E-state index is 12.0. The van der Waals surface area contributed by atoms with Gasteiger partial charge in [-0.05, 0) is 0 Å². The molecule has 2 saturated heterocycles. The fourth-order valence-corrected chi connectivity index (χ4v) is 4.29. The average Bonchev–Trinajstić information content (AvgIpc) is 2.77. The molecule has 16 heavy (non-hydrogen) atoms. The molecule has 2 atom stereocenters. The lowest BCUT2D eigenvalue weighted by molar-refractivity contribution is -0.140. The quantitative estimate of drug-likeness (QED) is 0.597. The Kier molecular flexibility index (Phi) is 1.85. The lowest BCUT2D eigenvalue weighted by Gasteiger charge is -2.31. The lowest BCUT2D eigenvalue weighted by Crippen LogP contribution is -2.50. The molecule has 0 saturated carbocycles. The van der Waals surface area contributed by atoms with Crippen LogP contribution in [0.4, 0.5) is 0 Å². The molecule has 0 N–H and O–H groups in total. The molecule has 0 aliphatic carbocycles. The summed E-state index contributed by atoms with van der Waals surface area (Å²) >= 11 is 0. The minimum atomic E-state index is -3.22. The molecule has 2 aliphatic rings. The fourth-order valence-electron chi connectivity index (χ4n) is 2.18. The van der Waals surface area contributed by atoms with E-state index in [1.165, 1.54) is 15.8 Å². The number of sulfone groups is 1. The van der Waals surface area contributed by atoms with Crippen LogP contribution in [0.2, 0.25) is 0 Å². The van der Waals surface area contributed by atoms with Crippen LogP contribution >= 0.6 is 0 Å². The molecule has 1 amide bonds. The van der Waals surface area contributed by atoms with Crippen molar-refractivity contribution in [2.75, 3.05) is 6.54 Å². The zero-order chi connectivity index (χ0) is 11.3. The molecule has 0 aromatic carbocycles. The Morgan fingerprint density at radius 2 is 2.31 bits per heavy atom. The zero-order valence-corrected chi connectivity index (χ0v) is 9.17. The van der Waals surface area contributed by atoms with Crippen molar-refractivity contribution in [3.05, 3.63) is 12.4 Å². The van der Waals surface area contributed by atoms with Crippen molar-refractivity contribution in [1.82, 2.24) is 19.9 Å². The number of rotatable bonds is 2. The highest BCUT2D eigenvalue weighted by atomic mass is 32.2. The van der Waals surface area contributed by atoms with E-state index in [4.69, 9.17) is 0 Å². The van der Waals surface area contributed by atoms with Crippen LogP contribution in [0.15, 0.2) is 12.4 Å². The van der Waals surface area contributed by atoms with E-state index in [9.17, 15) is 13.2 Å². The van der Waals surface area contributed by atoms with Gasteiger partial charge in [-0.1, -0.05) is 5.21 Å². The molecule has 1 unspecified atom stereocenters. The summed E-state index contributed by atoms with van der Waals surface area (Å²) in [6, 6.07) is 0. The third-order valence-corrected chi connectivity index (χ3v) is 5.53. The molecule has 0 radical (unpaired) electrons. The van der Waals surface area contributed by atoms with Crippen LogP contribution in [-0.4, -0.2) is 51.4 Å². The maximum atomic E-state index is 12.0. The van der Waals surface area contributed by atoms with Gasteiger partial charge in [0.25, 0.3) is 0 Å². The van der Waals surface area contributed by atoms with Gasteiger partial charge in [0.1, 0.15) is 10.6 Å². The number of hydrogen-bond acceptors (Lipinski definition) is 5. The molecule has 0 spiro atoms. The first-order valence-electron chi connectivity index (χ1n) is 4.95. The molecular weight excluding hydrogens is 232 g/mol. The smallest absolute Gasteiger partial charge is 0.226 e. The highest BCUT2D eigenvalue weighted by molar-refractivity contribution is 7.93. The monoisotopic (exact) mass is 242 g/mol. The summed E-state index contributed by atoms with van der Waals surface area (Å²) < 4.78 is 25.4. The number of carbonyl (C=O) groups is 1. The highest BCUT2D eigenvalue weighted by Crippen LogP contribution is 2.34. The second-order valence-electron chi connectivity index (χ2n) is 4.04. The van der Waals surface area contributed by atoms with Gasteiger partial charge in [-0.25, -0.2) is 8.42 Å². The van der Waals surface area contributed by atoms with E-state index in [1.54, 1.807) is 6.20 Å². The summed E-state index contributed by atoms with van der Waals surface area (Å²) in [7, 11) is -3.22. The number of carbonyl (C=O) groups excluding carboxylic acids is 1. The second-order valence-corrected chi connectivity index (χ2v) is 6.43. The van der Waals surface area contributed by atoms with Crippen molar-refractivity contribution in [3.63, 3.8) is 0 Å². The standard InChI is InChI=1S/C8H10N4O3S/c13-7-3-8-12(7)5-6(16(8,14)15)4-11-2-1-9-10-11/h1-2,6,8H,3-5H2/t6-,8?/m0/s1. The Morgan fingerprint density at radius 3 is 2.88 bits per heavy atom. The number of aromatic nitrogens is 3. The minimum Gasteiger partial charge on any atom is -0.324 e. The summed E-state index contributed by atoms with van der Waals surface area (Å²) in [5.74, 6) is -0.0744. The molecule has 2 aliphatic heterocycles. The van der Waals surface area contributed by atoms with E-state index in [1.807, 2.05) is 0 Å². The predicted octanol–water partition coefficient (Wildman–Crippen LogP) is -1.37. The molecule has 2 fully saturated rings. The number of nitrogens with zero attached hydrogens (tertiary/aromatic N) is 4. The van der Waals surface area contributed by atoms with E-state index in [-0.39, 0.29) is 25.4 Å². The van der Waals surface area contributed by atoms with Gasteiger partial charge in [0.15, 0.2) is 9.84 Å². The van der Waals surface area contributed by atoms with Crippen LogP contribution in [0.3, 0.4) is 0 Å². The van der Waals surface area contributed by atoms with Crippen LogP contribution in [0, 0.1) is 0 Å². The molecule has 0 bridgehead atoms. The Morgan fingerprint density at radius 1 is 1.50 bits per heavy atom. The summed E-state index contributed by atoms with van der Waals surface area (Å²) in [6.07, 6.45) is 3.25. The third kappa shape index (κ3) is 1.19. The van der Waals surface area contributed by atoms with Crippen LogP contribution in [0.1, 0.15) is 6.42 Å². The molecule has 86 valence electrons. The Hall–Kier alpha value is -1.44. The second kappa shape index (κ2) is 3.03. The molecule has 8 heteroatoms. The largest absolute Gasteiger partial charge is 0.324 e. The van der Waals surface area contributed by atoms with Gasteiger partial charge < -0.3 is 4.90 Å². The Labute approximate surface area is 92.0 Å². The van der Waals surface area contributed by atoms with Crippen LogP contribution in [0.25, 0.3) is 0 Å². The average molecular weight is 242 g/mol. The Bertz CT molecular complexity index is 523. The van der Waals surface area contributed by atoms with Gasteiger partial charge in [0.05, 0.1) is 19.2 Å². The van der Waals surface area contributed by atoms with E-state index >= 15 is 0 Å². The predicted molar refractivity (Wildman–Crippen MR) is 52.8 cm³/mol. The van der Waals surface area contributed by atoms with Crippen molar-refractivity contribution in [1.29, 1.82) is 0 Å². The van der Waals surface area contributed by atoms with Gasteiger partial charge in [0, 0.05) is 12.7 Å². The van der Waals surface area contributed by atoms with Crippen molar-refractivity contribution in [2.24, 2.45) is 0 Å². The summed E-state index contributed by atoms with van der Waals surface area (Å²) in [4.78, 5) is 12.6. The first-order chi connectivity index (χ1) is 7.59. The van der Waals surface area contributed by atoms with Crippen LogP contribution in [-0.2, 0) is 21.2 Å². The van der Waals surface area contributed by atoms with Crippen molar-refractivity contribution in [2.45, 2.75) is 23.6 Å². The lowest BCUT2D eigenvalue weighted by atomic mass is 10.2. The van der Waals surface area contributed by atoms with E-state index in [0.29, 0.717) is 0 Å². The van der Waals surface area contributed by atoms with Crippen molar-refractivity contribution in [3.8, 4) is 0 Å². The number of β-lactam (4-membered cyclic amide) rings is 1. The summed E-state index contributed by atoms with van der Waals surface area (Å²) in [6.45, 7) is 0.550. The topological polar surface area (TPSA) is 85.2 Å². The third-order valence-electron chi connectivity index (χ3n) is 3.12. The van der Waals surface area contributed by atoms with Gasteiger partial charge in [-0.3, -0.25) is 9.48 Å². The van der Waals surface area contributed by atoms with Crippen LogP contribution < -0.4 is 0 Å². The highest BCUT2D eigenvalue weighted by Gasteiger charge is 2.55. The van der Waals surface area contributed by atoms with E-state index < -0.39 is 20.5 Å². The van der Waals surface area contributed by atoms with E-state index in [2.05, 4.69) is 10.3 Å². The maximum Gasteiger partial charge on any atom is 0.226 e. The summed E-state index contributed by atoms with van der Waals surface area (Å²) in [5, 5.41) is 6.21. The number of fused-ring (bicyclic) bond motifs is 1. The summed E-state index contributed by atoms with van der Waals surface area (Å²) in [5.41, 5.74) is 0. The molecule has 3 heterocycles. The molecule has 1 aromatic rings. The molecule has 3 rings (SSSR count). The first kappa shape index (κ1) is 9.76. The SMILES string of the molecule is O=C1CC2N1C[C@H](Cn1ccnn1)S2(=O)=O. The van der Waals surface area contributed by atoms with Crippen molar-refractivity contribution >= 4 is 15.7 Å². The van der Waals surface area contributed by atoms with Gasteiger partial charge in [-0.2, -0.15) is 0 Å². The van der Waals surface area contributed by atoms with E-state index in [0.717, 1.165) is 0 Å². The van der Waals surface area contributed by atoms with Gasteiger partial charge in [0.2, 0.25) is 5.91 Å². The normalized spacial score (nSPS) is 31.2. The Balaban J connectivity index is 1.84. The van der Waals surface area contributed by atoms with Crippen molar-refractivity contribution < 1.29 is 13.2 Å². The minimum absolute atomic E-state index is 0.0744. The first-order valence-corrected chi connectivity index (χ1v) is 6.56. The van der Waals surface area contributed by atoms with Gasteiger partial charge in [-0.15, -0.1) is 5.10 Å². The van der Waals surface area contributed by atoms with Crippen LogP contribution in [0.5, 0.6) is 0 Å². The zero-order valence-electron chi connectivity index (χ0n) is 8.35. The molecule has 7 nitrogen and oxygen atoms in total. The number of amides is 1. The van der Waals surface area contributed by atoms with Gasteiger partial charge >= 0.3 is 0 Å². The number of hydrogen-bond donors (Lipinski definition) is 0.